The average Bonchev–Trinajstić information content (AvgIpc) is 2.79. The Labute approximate surface area is 206 Å². The van der Waals surface area contributed by atoms with E-state index in [4.69, 9.17) is 0 Å². The Hall–Kier alpha value is -3.47. The van der Waals surface area contributed by atoms with Gasteiger partial charge in [-0.25, -0.2) is 8.42 Å². The van der Waals surface area contributed by atoms with E-state index in [9.17, 15) is 28.1 Å². The lowest BCUT2D eigenvalue weighted by molar-refractivity contribution is -0.384. The molecule has 0 saturated heterocycles. The number of amides is 2. The lowest BCUT2D eigenvalue weighted by Crippen LogP contribution is -2.51. The minimum absolute atomic E-state index is 0.0339. The smallest absolute Gasteiger partial charge is 0.271 e. The molecule has 2 rings (SSSR count). The number of rotatable bonds is 11. The number of non-ortho nitro benzene ring substituents is 1. The summed E-state index contributed by atoms with van der Waals surface area (Å²) in [6.07, 6.45) is 0.929. The molecule has 0 fully saturated rings. The first-order chi connectivity index (χ1) is 16.3. The largest absolute Gasteiger partial charge is 0.354 e. The first kappa shape index (κ1) is 27.8. The fourth-order valence-electron chi connectivity index (χ4n) is 3.39. The molecular formula is C24H32N4O6S. The molecule has 35 heavy (non-hydrogen) atoms. The number of nitrogens with zero attached hydrogens (tertiary/aromatic N) is 3. The zero-order chi connectivity index (χ0) is 26.3. The quantitative estimate of drug-likeness (QED) is 0.370. The number of nitrogens with one attached hydrogen (secondary N) is 1. The summed E-state index contributed by atoms with van der Waals surface area (Å²) in [5.74, 6) is -0.764. The Bertz CT molecular complexity index is 1170. The third kappa shape index (κ3) is 7.78. The van der Waals surface area contributed by atoms with Gasteiger partial charge in [-0.3, -0.25) is 24.0 Å². The van der Waals surface area contributed by atoms with Crippen LogP contribution in [-0.2, 0) is 26.2 Å². The van der Waals surface area contributed by atoms with E-state index in [-0.39, 0.29) is 29.7 Å². The minimum Gasteiger partial charge on any atom is -0.354 e. The second kappa shape index (κ2) is 11.8. The van der Waals surface area contributed by atoms with Gasteiger partial charge in [-0.2, -0.15) is 0 Å². The fraction of sp³-hybridized carbons (Fsp3) is 0.417. The molecule has 1 unspecified atom stereocenters. The van der Waals surface area contributed by atoms with Crippen molar-refractivity contribution in [2.45, 2.75) is 40.3 Å². The molecule has 2 amide bonds. The molecular weight excluding hydrogens is 472 g/mol. The van der Waals surface area contributed by atoms with Crippen molar-refractivity contribution >= 4 is 33.2 Å². The molecule has 11 heteroatoms. The molecule has 0 aromatic heterocycles. The number of benzene rings is 2. The molecule has 0 aliphatic carbocycles. The lowest BCUT2D eigenvalue weighted by Gasteiger charge is -2.32. The molecule has 190 valence electrons. The van der Waals surface area contributed by atoms with Crippen molar-refractivity contribution in [3.05, 3.63) is 69.8 Å². The number of hydrogen-bond acceptors (Lipinski definition) is 6. The van der Waals surface area contributed by atoms with Crippen LogP contribution in [0.15, 0.2) is 48.5 Å². The molecule has 0 aliphatic rings. The topological polar surface area (TPSA) is 130 Å². The minimum atomic E-state index is -3.99. The first-order valence-corrected chi connectivity index (χ1v) is 13.0. The standard InChI is InChI=1S/C24H32N4O6S/c1-17(2)14-25-24(30)19(4)26(15-20-9-7-6-8-10-20)23(29)16-27(35(5,33)34)22-13-21(28(31)32)12-11-18(22)3/h6-13,17,19H,14-16H2,1-5H3,(H,25,30). The molecule has 0 saturated carbocycles. The van der Waals surface area contributed by atoms with Crippen molar-refractivity contribution in [1.82, 2.24) is 10.2 Å². The van der Waals surface area contributed by atoms with Crippen molar-refractivity contribution < 1.29 is 22.9 Å². The second-order valence-electron chi connectivity index (χ2n) is 8.82. The second-order valence-corrected chi connectivity index (χ2v) is 10.7. The van der Waals surface area contributed by atoms with Crippen LogP contribution < -0.4 is 9.62 Å². The van der Waals surface area contributed by atoms with Gasteiger partial charge in [-0.05, 0) is 30.9 Å². The van der Waals surface area contributed by atoms with Gasteiger partial charge in [-0.1, -0.05) is 50.2 Å². The Morgan fingerprint density at radius 1 is 1.09 bits per heavy atom. The van der Waals surface area contributed by atoms with Crippen LogP contribution in [0, 0.1) is 23.0 Å². The molecule has 0 aliphatic heterocycles. The molecule has 0 heterocycles. The van der Waals surface area contributed by atoms with Crippen LogP contribution in [0.2, 0.25) is 0 Å². The van der Waals surface area contributed by atoms with Gasteiger partial charge >= 0.3 is 0 Å². The average molecular weight is 505 g/mol. The van der Waals surface area contributed by atoms with E-state index in [1.165, 1.54) is 17.0 Å². The third-order valence-corrected chi connectivity index (χ3v) is 6.53. The number of anilines is 1. The van der Waals surface area contributed by atoms with Crippen molar-refractivity contribution in [1.29, 1.82) is 0 Å². The summed E-state index contributed by atoms with van der Waals surface area (Å²) in [6, 6.07) is 12.0. The Morgan fingerprint density at radius 3 is 2.26 bits per heavy atom. The molecule has 1 N–H and O–H groups in total. The monoisotopic (exact) mass is 504 g/mol. The Kier molecular flexibility index (Phi) is 9.35. The van der Waals surface area contributed by atoms with Crippen LogP contribution in [0.5, 0.6) is 0 Å². The summed E-state index contributed by atoms with van der Waals surface area (Å²) in [5, 5.41) is 14.1. The van der Waals surface area contributed by atoms with Crippen LogP contribution in [-0.4, -0.2) is 55.4 Å². The van der Waals surface area contributed by atoms with E-state index in [1.54, 1.807) is 38.1 Å². The summed E-state index contributed by atoms with van der Waals surface area (Å²) in [6.45, 7) is 6.98. The van der Waals surface area contributed by atoms with E-state index >= 15 is 0 Å². The highest BCUT2D eigenvalue weighted by molar-refractivity contribution is 7.92. The molecule has 0 spiro atoms. The van der Waals surface area contributed by atoms with Crippen molar-refractivity contribution in [2.75, 3.05) is 23.7 Å². The summed E-state index contributed by atoms with van der Waals surface area (Å²) in [4.78, 5) is 38.2. The Balaban J connectivity index is 2.43. The molecule has 1 atom stereocenters. The predicted octanol–water partition coefficient (Wildman–Crippen LogP) is 2.86. The van der Waals surface area contributed by atoms with Gasteiger partial charge in [0.05, 0.1) is 16.9 Å². The number of carbonyl (C=O) groups is 2. The molecule has 0 bridgehead atoms. The highest BCUT2D eigenvalue weighted by Crippen LogP contribution is 2.28. The predicted molar refractivity (Wildman–Crippen MR) is 134 cm³/mol. The maximum atomic E-state index is 13.5. The molecule has 10 nitrogen and oxygen atoms in total. The normalized spacial score (nSPS) is 12.2. The van der Waals surface area contributed by atoms with Gasteiger partial charge in [0.15, 0.2) is 0 Å². The van der Waals surface area contributed by atoms with E-state index in [1.807, 2.05) is 19.9 Å². The zero-order valence-electron chi connectivity index (χ0n) is 20.6. The van der Waals surface area contributed by atoms with E-state index in [0.29, 0.717) is 12.1 Å². The van der Waals surface area contributed by atoms with Crippen LogP contribution in [0.3, 0.4) is 0 Å². The van der Waals surface area contributed by atoms with E-state index in [2.05, 4.69) is 5.32 Å². The number of carbonyl (C=O) groups excluding carboxylic acids is 2. The van der Waals surface area contributed by atoms with Crippen LogP contribution >= 0.6 is 0 Å². The molecule has 0 radical (unpaired) electrons. The number of sulfonamides is 1. The van der Waals surface area contributed by atoms with Gasteiger partial charge in [0.25, 0.3) is 5.69 Å². The lowest BCUT2D eigenvalue weighted by atomic mass is 10.1. The number of hydrogen-bond donors (Lipinski definition) is 1. The van der Waals surface area contributed by atoms with E-state index in [0.717, 1.165) is 22.2 Å². The van der Waals surface area contributed by atoms with Crippen LogP contribution in [0.4, 0.5) is 11.4 Å². The summed E-state index contributed by atoms with van der Waals surface area (Å²) >= 11 is 0. The van der Waals surface area contributed by atoms with E-state index < -0.39 is 33.4 Å². The van der Waals surface area contributed by atoms with Crippen molar-refractivity contribution in [3.8, 4) is 0 Å². The highest BCUT2D eigenvalue weighted by Gasteiger charge is 2.31. The van der Waals surface area contributed by atoms with Crippen LogP contribution in [0.25, 0.3) is 0 Å². The molecule has 2 aromatic rings. The van der Waals surface area contributed by atoms with Crippen molar-refractivity contribution in [3.63, 3.8) is 0 Å². The third-order valence-electron chi connectivity index (χ3n) is 5.40. The highest BCUT2D eigenvalue weighted by atomic mass is 32.2. The van der Waals surface area contributed by atoms with Gasteiger partial charge < -0.3 is 10.2 Å². The number of nitro groups is 1. The van der Waals surface area contributed by atoms with Crippen LogP contribution in [0.1, 0.15) is 31.9 Å². The summed E-state index contributed by atoms with van der Waals surface area (Å²) in [5.41, 5.74) is 0.953. The fourth-order valence-corrected chi connectivity index (χ4v) is 4.29. The van der Waals surface area contributed by atoms with Gasteiger partial charge in [0, 0.05) is 25.2 Å². The zero-order valence-corrected chi connectivity index (χ0v) is 21.4. The SMILES string of the molecule is Cc1ccc([N+](=O)[O-])cc1N(CC(=O)N(Cc1ccccc1)C(C)C(=O)NCC(C)C)S(C)(=O)=O. The van der Waals surface area contributed by atoms with Gasteiger partial charge in [0.2, 0.25) is 21.8 Å². The van der Waals surface area contributed by atoms with Gasteiger partial charge in [-0.15, -0.1) is 0 Å². The maximum Gasteiger partial charge on any atom is 0.271 e. The number of aryl methyl sites for hydroxylation is 1. The summed E-state index contributed by atoms with van der Waals surface area (Å²) < 4.78 is 26.2. The number of nitro benzene ring substituents is 1. The van der Waals surface area contributed by atoms with Crippen molar-refractivity contribution in [2.24, 2.45) is 5.92 Å². The Morgan fingerprint density at radius 2 is 1.71 bits per heavy atom. The molecule has 2 aromatic carbocycles. The summed E-state index contributed by atoms with van der Waals surface area (Å²) in [7, 11) is -3.99. The van der Waals surface area contributed by atoms with Gasteiger partial charge in [0.1, 0.15) is 12.6 Å². The first-order valence-electron chi connectivity index (χ1n) is 11.1. The maximum absolute atomic E-state index is 13.5.